The Morgan fingerprint density at radius 3 is 2.19 bits per heavy atom. The van der Waals surface area contributed by atoms with E-state index in [2.05, 4.69) is 31.0 Å². The van der Waals surface area contributed by atoms with Gasteiger partial charge in [-0.3, -0.25) is 4.90 Å². The molecule has 1 unspecified atom stereocenters. The number of rotatable bonds is 2. The standard InChI is InChI=1S/C19H29N3O3S/c1-19(2,3)15-4-6-16(7-5-15)20-18(23)22-11-9-21(10-12-22)17-8-13-26(24,25)14-17/h4-7,17H,8-14H2,1-3H3,(H,20,23). The first kappa shape index (κ1) is 19.2. The fourth-order valence-corrected chi connectivity index (χ4v) is 5.37. The van der Waals surface area contributed by atoms with Crippen molar-refractivity contribution in [2.45, 2.75) is 38.6 Å². The number of hydrogen-bond acceptors (Lipinski definition) is 4. The summed E-state index contributed by atoms with van der Waals surface area (Å²) >= 11 is 0. The number of nitrogens with one attached hydrogen (secondary N) is 1. The lowest BCUT2D eigenvalue weighted by Gasteiger charge is -2.37. The van der Waals surface area contributed by atoms with E-state index in [1.54, 1.807) is 4.90 Å². The monoisotopic (exact) mass is 379 g/mol. The molecule has 144 valence electrons. The molecule has 1 aromatic rings. The van der Waals surface area contributed by atoms with Crippen molar-refractivity contribution >= 4 is 21.6 Å². The van der Waals surface area contributed by atoms with Crippen LogP contribution in [0.2, 0.25) is 0 Å². The number of benzene rings is 1. The average molecular weight is 380 g/mol. The molecule has 3 rings (SSSR count). The molecule has 0 radical (unpaired) electrons. The van der Waals surface area contributed by atoms with E-state index in [0.717, 1.165) is 18.8 Å². The molecule has 1 atom stereocenters. The van der Waals surface area contributed by atoms with Gasteiger partial charge in [0, 0.05) is 37.9 Å². The van der Waals surface area contributed by atoms with Crippen molar-refractivity contribution < 1.29 is 13.2 Å². The Bertz CT molecular complexity index is 745. The molecule has 0 saturated carbocycles. The summed E-state index contributed by atoms with van der Waals surface area (Å²) in [6.07, 6.45) is 0.717. The topological polar surface area (TPSA) is 69.7 Å². The lowest BCUT2D eigenvalue weighted by atomic mass is 9.87. The van der Waals surface area contributed by atoms with E-state index >= 15 is 0 Å². The number of urea groups is 1. The zero-order chi connectivity index (χ0) is 18.9. The second-order valence-corrected chi connectivity index (χ2v) is 10.6. The van der Waals surface area contributed by atoms with Gasteiger partial charge in [0.05, 0.1) is 11.5 Å². The highest BCUT2D eigenvalue weighted by Gasteiger charge is 2.34. The lowest BCUT2D eigenvalue weighted by Crippen LogP contribution is -2.53. The highest BCUT2D eigenvalue weighted by molar-refractivity contribution is 7.91. The average Bonchev–Trinajstić information content (AvgIpc) is 2.94. The van der Waals surface area contributed by atoms with Crippen molar-refractivity contribution in [2.24, 2.45) is 0 Å². The van der Waals surface area contributed by atoms with Crippen LogP contribution in [-0.2, 0) is 15.3 Å². The fraction of sp³-hybridized carbons (Fsp3) is 0.632. The van der Waals surface area contributed by atoms with Crippen LogP contribution in [0.25, 0.3) is 0 Å². The van der Waals surface area contributed by atoms with Gasteiger partial charge in [0.1, 0.15) is 0 Å². The number of carbonyl (C=O) groups excluding carboxylic acids is 1. The molecule has 7 heteroatoms. The molecule has 2 heterocycles. The van der Waals surface area contributed by atoms with Crippen LogP contribution in [0.3, 0.4) is 0 Å². The Balaban J connectivity index is 1.51. The zero-order valence-corrected chi connectivity index (χ0v) is 16.7. The number of anilines is 1. The number of hydrogen-bond donors (Lipinski definition) is 1. The normalized spacial score (nSPS) is 23.8. The van der Waals surface area contributed by atoms with Gasteiger partial charge in [0.15, 0.2) is 9.84 Å². The highest BCUT2D eigenvalue weighted by atomic mass is 32.2. The number of piperazine rings is 1. The maximum absolute atomic E-state index is 12.5. The molecule has 0 bridgehead atoms. The van der Waals surface area contributed by atoms with Crippen LogP contribution < -0.4 is 5.32 Å². The van der Waals surface area contributed by atoms with Gasteiger partial charge >= 0.3 is 6.03 Å². The first-order chi connectivity index (χ1) is 12.1. The third-order valence-electron chi connectivity index (χ3n) is 5.33. The van der Waals surface area contributed by atoms with E-state index in [-0.39, 0.29) is 23.2 Å². The van der Waals surface area contributed by atoms with Gasteiger partial charge in [-0.2, -0.15) is 0 Å². The summed E-state index contributed by atoms with van der Waals surface area (Å²) in [4.78, 5) is 16.5. The largest absolute Gasteiger partial charge is 0.322 e. The summed E-state index contributed by atoms with van der Waals surface area (Å²) in [5.74, 6) is 0.558. The van der Waals surface area contributed by atoms with Crippen LogP contribution in [-0.4, -0.2) is 68.0 Å². The maximum atomic E-state index is 12.5. The van der Waals surface area contributed by atoms with E-state index in [1.807, 2.05) is 24.3 Å². The predicted octanol–water partition coefficient (Wildman–Crippen LogP) is 2.32. The Labute approximate surface area is 156 Å². The van der Waals surface area contributed by atoms with E-state index in [1.165, 1.54) is 5.56 Å². The second-order valence-electron chi connectivity index (χ2n) is 8.34. The van der Waals surface area contributed by atoms with Gasteiger partial charge in [-0.1, -0.05) is 32.9 Å². The van der Waals surface area contributed by atoms with E-state index < -0.39 is 9.84 Å². The van der Waals surface area contributed by atoms with Gasteiger partial charge in [-0.25, -0.2) is 13.2 Å². The van der Waals surface area contributed by atoms with Crippen LogP contribution in [0, 0.1) is 0 Å². The number of carbonyl (C=O) groups is 1. The minimum Gasteiger partial charge on any atom is -0.322 e. The number of sulfone groups is 1. The Hall–Kier alpha value is -1.60. The molecule has 0 aromatic heterocycles. The Morgan fingerprint density at radius 2 is 1.69 bits per heavy atom. The lowest BCUT2D eigenvalue weighted by molar-refractivity contribution is 0.121. The van der Waals surface area contributed by atoms with Gasteiger partial charge in [-0.05, 0) is 29.5 Å². The quantitative estimate of drug-likeness (QED) is 0.856. The summed E-state index contributed by atoms with van der Waals surface area (Å²) < 4.78 is 23.3. The van der Waals surface area contributed by atoms with Gasteiger partial charge in [0.25, 0.3) is 0 Å². The predicted molar refractivity (Wildman–Crippen MR) is 104 cm³/mol. The van der Waals surface area contributed by atoms with Crippen LogP contribution in [0.1, 0.15) is 32.8 Å². The summed E-state index contributed by atoms with van der Waals surface area (Å²) in [7, 11) is -2.86. The third-order valence-corrected chi connectivity index (χ3v) is 7.08. The Morgan fingerprint density at radius 1 is 1.08 bits per heavy atom. The molecule has 1 N–H and O–H groups in total. The summed E-state index contributed by atoms with van der Waals surface area (Å²) in [5, 5.41) is 2.96. The van der Waals surface area contributed by atoms with Gasteiger partial charge in [0.2, 0.25) is 0 Å². The van der Waals surface area contributed by atoms with Crippen molar-refractivity contribution in [1.29, 1.82) is 0 Å². The van der Waals surface area contributed by atoms with Crippen molar-refractivity contribution in [3.63, 3.8) is 0 Å². The van der Waals surface area contributed by atoms with E-state index in [9.17, 15) is 13.2 Å². The highest BCUT2D eigenvalue weighted by Crippen LogP contribution is 2.24. The molecule has 0 aliphatic carbocycles. The molecule has 2 fully saturated rings. The number of nitrogens with zero attached hydrogens (tertiary/aromatic N) is 2. The van der Waals surface area contributed by atoms with Crippen molar-refractivity contribution in [1.82, 2.24) is 9.80 Å². The fourth-order valence-electron chi connectivity index (χ4n) is 3.61. The van der Waals surface area contributed by atoms with E-state index in [4.69, 9.17) is 0 Å². The molecule has 6 nitrogen and oxygen atoms in total. The second kappa shape index (κ2) is 7.19. The molecule has 26 heavy (non-hydrogen) atoms. The molecule has 2 amide bonds. The van der Waals surface area contributed by atoms with Gasteiger partial charge < -0.3 is 10.2 Å². The molecule has 1 aromatic carbocycles. The maximum Gasteiger partial charge on any atom is 0.321 e. The minimum absolute atomic E-state index is 0.0899. The molecular formula is C19H29N3O3S. The summed E-state index contributed by atoms with van der Waals surface area (Å²) in [5.41, 5.74) is 2.12. The van der Waals surface area contributed by atoms with Crippen LogP contribution in [0.4, 0.5) is 10.5 Å². The minimum atomic E-state index is -2.86. The summed E-state index contributed by atoms with van der Waals surface area (Å²) in [6, 6.07) is 8.01. The zero-order valence-electron chi connectivity index (χ0n) is 15.9. The SMILES string of the molecule is CC(C)(C)c1ccc(NC(=O)N2CCN(C3CCS(=O)(=O)C3)CC2)cc1. The molecule has 2 aliphatic heterocycles. The van der Waals surface area contributed by atoms with Crippen molar-refractivity contribution in [3.05, 3.63) is 29.8 Å². The molecule has 2 aliphatic rings. The number of amides is 2. The van der Waals surface area contributed by atoms with Crippen molar-refractivity contribution in [2.75, 3.05) is 43.0 Å². The Kier molecular flexibility index (Phi) is 5.30. The molecule has 2 saturated heterocycles. The first-order valence-corrected chi connectivity index (χ1v) is 11.1. The van der Waals surface area contributed by atoms with Crippen LogP contribution in [0.5, 0.6) is 0 Å². The molecule has 0 spiro atoms. The van der Waals surface area contributed by atoms with E-state index in [0.29, 0.717) is 25.3 Å². The molecular weight excluding hydrogens is 350 g/mol. The van der Waals surface area contributed by atoms with Crippen LogP contribution >= 0.6 is 0 Å². The third kappa shape index (κ3) is 4.57. The smallest absolute Gasteiger partial charge is 0.321 e. The van der Waals surface area contributed by atoms with Gasteiger partial charge in [-0.15, -0.1) is 0 Å². The first-order valence-electron chi connectivity index (χ1n) is 9.25. The van der Waals surface area contributed by atoms with Crippen LogP contribution in [0.15, 0.2) is 24.3 Å². The van der Waals surface area contributed by atoms with Crippen molar-refractivity contribution in [3.8, 4) is 0 Å². The summed E-state index contributed by atoms with van der Waals surface area (Å²) in [6.45, 7) is 9.21.